The summed E-state index contributed by atoms with van der Waals surface area (Å²) >= 11 is 0. The summed E-state index contributed by atoms with van der Waals surface area (Å²) in [6.07, 6.45) is 16.0. The van der Waals surface area contributed by atoms with Crippen LogP contribution in [0.15, 0.2) is 12.2 Å². The van der Waals surface area contributed by atoms with Gasteiger partial charge in [-0.25, -0.2) is 0 Å². The molecule has 15 heavy (non-hydrogen) atoms. The summed E-state index contributed by atoms with van der Waals surface area (Å²) < 4.78 is 5.60. The van der Waals surface area contributed by atoms with Gasteiger partial charge in [-0.05, 0) is 25.2 Å². The van der Waals surface area contributed by atoms with Gasteiger partial charge in [-0.2, -0.15) is 0 Å². The van der Waals surface area contributed by atoms with Crippen LogP contribution in [0.4, 0.5) is 0 Å². The Labute approximate surface area is 93.9 Å². The summed E-state index contributed by atoms with van der Waals surface area (Å²) in [4.78, 5) is 0. The van der Waals surface area contributed by atoms with Crippen molar-refractivity contribution in [2.24, 2.45) is 11.8 Å². The van der Waals surface area contributed by atoms with Gasteiger partial charge in [0, 0.05) is 5.92 Å². The Bertz CT molecular complexity index is 198. The molecular formula is C14H24O. The largest absolute Gasteiger partial charge is 0.381 e. The van der Waals surface area contributed by atoms with E-state index < -0.39 is 0 Å². The highest BCUT2D eigenvalue weighted by molar-refractivity contribution is 4.94. The Morgan fingerprint density at radius 1 is 0.867 bits per heavy atom. The molecule has 2 aliphatic rings. The monoisotopic (exact) mass is 208 g/mol. The summed E-state index contributed by atoms with van der Waals surface area (Å²) in [5.74, 6) is 1.55. The predicted molar refractivity (Wildman–Crippen MR) is 63.9 cm³/mol. The summed E-state index contributed by atoms with van der Waals surface area (Å²) in [6, 6.07) is 0. The van der Waals surface area contributed by atoms with Crippen LogP contribution < -0.4 is 0 Å². The van der Waals surface area contributed by atoms with Gasteiger partial charge in [0.2, 0.25) is 0 Å². The average Bonchev–Trinajstić information content (AvgIpc) is 2.65. The molecule has 0 N–H and O–H groups in total. The molecule has 2 unspecified atom stereocenters. The average molecular weight is 208 g/mol. The van der Waals surface area contributed by atoms with Gasteiger partial charge in [0.1, 0.15) is 0 Å². The van der Waals surface area contributed by atoms with Crippen molar-refractivity contribution >= 4 is 0 Å². The van der Waals surface area contributed by atoms with E-state index in [4.69, 9.17) is 4.74 Å². The highest BCUT2D eigenvalue weighted by Crippen LogP contribution is 2.28. The van der Waals surface area contributed by atoms with Crippen LogP contribution in [-0.4, -0.2) is 13.2 Å². The number of fused-ring (bicyclic) bond motifs is 1. The van der Waals surface area contributed by atoms with E-state index in [-0.39, 0.29) is 0 Å². The maximum atomic E-state index is 5.60. The van der Waals surface area contributed by atoms with Crippen molar-refractivity contribution in [3.63, 3.8) is 0 Å². The van der Waals surface area contributed by atoms with Crippen LogP contribution in [0, 0.1) is 11.8 Å². The van der Waals surface area contributed by atoms with E-state index in [1.807, 2.05) is 0 Å². The minimum atomic E-state index is 0.726. The van der Waals surface area contributed by atoms with Gasteiger partial charge < -0.3 is 4.74 Å². The van der Waals surface area contributed by atoms with Crippen LogP contribution in [-0.2, 0) is 4.74 Å². The lowest BCUT2D eigenvalue weighted by atomic mass is 9.89. The minimum Gasteiger partial charge on any atom is -0.381 e. The molecule has 1 aliphatic carbocycles. The standard InChI is InChI=1S/C14H24O/c1-2-4-6-8-10-14-12-15-11-13(14)9-7-5-3-1/h7,9,13-14H,1-6,8,10-12H2/b9-7-. The Kier molecular flexibility index (Phi) is 4.72. The lowest BCUT2D eigenvalue weighted by Gasteiger charge is -2.14. The molecule has 0 amide bonds. The summed E-state index contributed by atoms with van der Waals surface area (Å²) in [5.41, 5.74) is 0. The van der Waals surface area contributed by atoms with Crippen molar-refractivity contribution in [3.05, 3.63) is 12.2 Å². The molecule has 0 bridgehead atoms. The third-order valence-corrected chi connectivity index (χ3v) is 3.83. The molecule has 86 valence electrons. The number of ether oxygens (including phenoxy) is 1. The van der Waals surface area contributed by atoms with E-state index in [0.717, 1.165) is 25.0 Å². The zero-order chi connectivity index (χ0) is 10.3. The van der Waals surface area contributed by atoms with Gasteiger partial charge in [0.15, 0.2) is 0 Å². The molecule has 1 saturated heterocycles. The maximum absolute atomic E-state index is 5.60. The molecule has 0 spiro atoms. The smallest absolute Gasteiger partial charge is 0.0532 e. The summed E-state index contributed by atoms with van der Waals surface area (Å²) in [6.45, 7) is 1.98. The second-order valence-corrected chi connectivity index (χ2v) is 5.09. The van der Waals surface area contributed by atoms with Crippen LogP contribution in [0.1, 0.15) is 51.4 Å². The molecule has 0 aromatic rings. The Balaban J connectivity index is 1.86. The first kappa shape index (κ1) is 11.2. The van der Waals surface area contributed by atoms with Crippen LogP contribution in [0.2, 0.25) is 0 Å². The number of allylic oxidation sites excluding steroid dienone is 1. The fourth-order valence-corrected chi connectivity index (χ4v) is 2.77. The molecule has 1 fully saturated rings. The fraction of sp³-hybridized carbons (Fsp3) is 0.857. The zero-order valence-corrected chi connectivity index (χ0v) is 9.79. The highest BCUT2D eigenvalue weighted by atomic mass is 16.5. The third kappa shape index (κ3) is 3.64. The third-order valence-electron chi connectivity index (χ3n) is 3.83. The zero-order valence-electron chi connectivity index (χ0n) is 9.79. The lowest BCUT2D eigenvalue weighted by molar-refractivity contribution is 0.181. The molecule has 1 aliphatic heterocycles. The second-order valence-electron chi connectivity index (χ2n) is 5.09. The van der Waals surface area contributed by atoms with E-state index in [2.05, 4.69) is 12.2 Å². The van der Waals surface area contributed by atoms with Crippen LogP contribution >= 0.6 is 0 Å². The molecule has 2 atom stereocenters. The van der Waals surface area contributed by atoms with Crippen LogP contribution in [0.25, 0.3) is 0 Å². The molecule has 1 heterocycles. The summed E-state index contributed by atoms with van der Waals surface area (Å²) in [5, 5.41) is 0. The van der Waals surface area contributed by atoms with Crippen molar-refractivity contribution in [2.75, 3.05) is 13.2 Å². The topological polar surface area (TPSA) is 9.23 Å². The van der Waals surface area contributed by atoms with Crippen molar-refractivity contribution in [1.29, 1.82) is 0 Å². The molecule has 0 aromatic carbocycles. The first-order chi connectivity index (χ1) is 7.47. The predicted octanol–water partition coefficient (Wildman–Crippen LogP) is 3.94. The Hall–Kier alpha value is -0.300. The number of hydrogen-bond acceptors (Lipinski definition) is 1. The van der Waals surface area contributed by atoms with Crippen LogP contribution in [0.5, 0.6) is 0 Å². The molecular weight excluding hydrogens is 184 g/mol. The van der Waals surface area contributed by atoms with E-state index in [0.29, 0.717) is 0 Å². The van der Waals surface area contributed by atoms with Gasteiger partial charge in [-0.3, -0.25) is 0 Å². The van der Waals surface area contributed by atoms with Crippen molar-refractivity contribution in [1.82, 2.24) is 0 Å². The van der Waals surface area contributed by atoms with Gasteiger partial charge in [-0.15, -0.1) is 0 Å². The summed E-state index contributed by atoms with van der Waals surface area (Å²) in [7, 11) is 0. The number of rotatable bonds is 0. The van der Waals surface area contributed by atoms with Gasteiger partial charge in [0.05, 0.1) is 13.2 Å². The molecule has 0 aromatic heterocycles. The Morgan fingerprint density at radius 2 is 1.67 bits per heavy atom. The van der Waals surface area contributed by atoms with E-state index in [1.54, 1.807) is 0 Å². The van der Waals surface area contributed by atoms with Crippen LogP contribution in [0.3, 0.4) is 0 Å². The second kappa shape index (κ2) is 6.32. The first-order valence-electron chi connectivity index (χ1n) is 6.71. The molecule has 0 radical (unpaired) electrons. The van der Waals surface area contributed by atoms with Gasteiger partial charge >= 0.3 is 0 Å². The minimum absolute atomic E-state index is 0.726. The van der Waals surface area contributed by atoms with Gasteiger partial charge in [-0.1, -0.05) is 44.3 Å². The molecule has 2 rings (SSSR count). The molecule has 1 nitrogen and oxygen atoms in total. The van der Waals surface area contributed by atoms with Crippen molar-refractivity contribution in [3.8, 4) is 0 Å². The first-order valence-corrected chi connectivity index (χ1v) is 6.71. The lowest BCUT2D eigenvalue weighted by Crippen LogP contribution is -2.10. The quantitative estimate of drug-likeness (QED) is 0.548. The van der Waals surface area contributed by atoms with Gasteiger partial charge in [0.25, 0.3) is 0 Å². The van der Waals surface area contributed by atoms with Crippen molar-refractivity contribution in [2.45, 2.75) is 51.4 Å². The SMILES string of the molecule is C1=C\C2COCC2CCCCCCCC/1. The normalized spacial score (nSPS) is 36.3. The van der Waals surface area contributed by atoms with E-state index >= 15 is 0 Å². The maximum Gasteiger partial charge on any atom is 0.0532 e. The van der Waals surface area contributed by atoms with Crippen molar-refractivity contribution < 1.29 is 4.74 Å². The Morgan fingerprint density at radius 3 is 2.60 bits per heavy atom. The molecule has 1 heteroatoms. The van der Waals surface area contributed by atoms with E-state index in [9.17, 15) is 0 Å². The number of hydrogen-bond donors (Lipinski definition) is 0. The highest BCUT2D eigenvalue weighted by Gasteiger charge is 2.25. The van der Waals surface area contributed by atoms with E-state index in [1.165, 1.54) is 51.4 Å². The fourth-order valence-electron chi connectivity index (χ4n) is 2.77. The molecule has 0 saturated carbocycles.